The Balaban J connectivity index is 1.52. The molecule has 0 bridgehead atoms. The molecule has 2 N–H and O–H groups in total. The maximum atomic E-state index is 13.9. The third-order valence-corrected chi connectivity index (χ3v) is 3.60. The zero-order valence-electron chi connectivity index (χ0n) is 13.5. The number of halogens is 1. The largest absolute Gasteiger partial charge is 0.441 e. The Morgan fingerprint density at radius 3 is 2.96 bits per heavy atom. The van der Waals surface area contributed by atoms with Gasteiger partial charge in [0.2, 0.25) is 0 Å². The summed E-state index contributed by atoms with van der Waals surface area (Å²) in [7, 11) is 0. The first kappa shape index (κ1) is 16.0. The van der Waals surface area contributed by atoms with Crippen LogP contribution < -0.4 is 10.6 Å². The molecule has 2 aromatic heterocycles. The molecule has 2 amide bonds. The van der Waals surface area contributed by atoms with Crippen LogP contribution in [0.5, 0.6) is 0 Å². The van der Waals surface area contributed by atoms with E-state index < -0.39 is 11.8 Å². The van der Waals surface area contributed by atoms with Crippen LogP contribution in [0.3, 0.4) is 0 Å². The number of benzene rings is 1. The number of nitrogens with one attached hydrogen (secondary N) is 2. The number of urea groups is 1. The van der Waals surface area contributed by atoms with Crippen LogP contribution in [0.4, 0.5) is 14.9 Å². The first-order valence-corrected chi connectivity index (χ1v) is 7.62. The highest BCUT2D eigenvalue weighted by Crippen LogP contribution is 2.23. The zero-order valence-corrected chi connectivity index (χ0v) is 13.5. The van der Waals surface area contributed by atoms with Gasteiger partial charge in [0.1, 0.15) is 11.3 Å². The topological polar surface area (TPSA) is 85.0 Å². The fourth-order valence-corrected chi connectivity index (χ4v) is 2.44. The van der Waals surface area contributed by atoms with Gasteiger partial charge in [0.25, 0.3) is 0 Å². The fraction of sp³-hybridized carbons (Fsp3) is 0.312. The van der Waals surface area contributed by atoms with E-state index in [9.17, 15) is 9.18 Å². The summed E-state index contributed by atoms with van der Waals surface area (Å²) < 4.78 is 21.2. The van der Waals surface area contributed by atoms with E-state index in [1.807, 2.05) is 17.7 Å². The molecule has 0 aliphatic heterocycles. The van der Waals surface area contributed by atoms with Crippen LogP contribution in [-0.4, -0.2) is 27.1 Å². The monoisotopic (exact) mass is 331 g/mol. The van der Waals surface area contributed by atoms with Crippen LogP contribution in [0.25, 0.3) is 11.1 Å². The molecule has 24 heavy (non-hydrogen) atoms. The molecule has 3 aromatic rings. The lowest BCUT2D eigenvalue weighted by atomic mass is 10.2. The Hall–Kier alpha value is -2.90. The highest BCUT2D eigenvalue weighted by atomic mass is 19.1. The van der Waals surface area contributed by atoms with Gasteiger partial charge in [0, 0.05) is 44.2 Å². The quantitative estimate of drug-likeness (QED) is 0.704. The molecule has 0 spiro atoms. The van der Waals surface area contributed by atoms with E-state index in [-0.39, 0.29) is 5.52 Å². The summed E-state index contributed by atoms with van der Waals surface area (Å²) in [6.07, 6.45) is 4.40. The number of aromatic nitrogens is 3. The maximum Gasteiger partial charge on any atom is 0.319 e. The highest BCUT2D eigenvalue weighted by Gasteiger charge is 2.11. The molecule has 0 unspecified atom stereocenters. The first-order chi connectivity index (χ1) is 11.5. The van der Waals surface area contributed by atoms with Crippen molar-refractivity contribution in [1.82, 2.24) is 19.9 Å². The van der Waals surface area contributed by atoms with E-state index in [1.165, 1.54) is 6.07 Å². The molecule has 0 fully saturated rings. The van der Waals surface area contributed by atoms with Crippen molar-refractivity contribution in [1.29, 1.82) is 0 Å². The van der Waals surface area contributed by atoms with Crippen molar-refractivity contribution in [3.63, 3.8) is 0 Å². The number of fused-ring (bicyclic) bond motifs is 1. The molecule has 126 valence electrons. The molecule has 0 radical (unpaired) electrons. The van der Waals surface area contributed by atoms with E-state index in [2.05, 4.69) is 20.6 Å². The number of hydrogen-bond acceptors (Lipinski definition) is 4. The second kappa shape index (κ2) is 6.69. The fourth-order valence-electron chi connectivity index (χ4n) is 2.44. The molecule has 0 aliphatic carbocycles. The van der Waals surface area contributed by atoms with Crippen molar-refractivity contribution in [2.75, 3.05) is 11.9 Å². The Morgan fingerprint density at radius 1 is 1.38 bits per heavy atom. The normalized spacial score (nSPS) is 11.0. The number of nitrogens with zero attached hydrogens (tertiary/aromatic N) is 3. The van der Waals surface area contributed by atoms with Gasteiger partial charge in [-0.15, -0.1) is 0 Å². The highest BCUT2D eigenvalue weighted by molar-refractivity contribution is 5.91. The third kappa shape index (κ3) is 3.53. The molecular formula is C16H18FN5O2. The minimum atomic E-state index is -0.532. The van der Waals surface area contributed by atoms with Crippen molar-refractivity contribution >= 4 is 22.8 Å². The molecule has 1 aromatic carbocycles. The van der Waals surface area contributed by atoms with Gasteiger partial charge in [-0.25, -0.2) is 19.2 Å². The number of carbonyl (C=O) groups is 1. The minimum Gasteiger partial charge on any atom is -0.441 e. The van der Waals surface area contributed by atoms with E-state index >= 15 is 0 Å². The Morgan fingerprint density at radius 2 is 2.21 bits per heavy atom. The van der Waals surface area contributed by atoms with Crippen molar-refractivity contribution in [2.45, 2.75) is 26.8 Å². The van der Waals surface area contributed by atoms with Crippen molar-refractivity contribution < 1.29 is 13.6 Å². The summed E-state index contributed by atoms with van der Waals surface area (Å²) in [6.45, 7) is 4.83. The van der Waals surface area contributed by atoms with Crippen LogP contribution in [0.1, 0.15) is 18.1 Å². The second-order valence-electron chi connectivity index (χ2n) is 5.44. The van der Waals surface area contributed by atoms with Crippen LogP contribution in [0.15, 0.2) is 28.9 Å². The lowest BCUT2D eigenvalue weighted by Crippen LogP contribution is -2.30. The maximum absolute atomic E-state index is 13.9. The smallest absolute Gasteiger partial charge is 0.319 e. The van der Waals surface area contributed by atoms with Crippen molar-refractivity contribution in [3.8, 4) is 0 Å². The second-order valence-corrected chi connectivity index (χ2v) is 5.44. The molecule has 0 atom stereocenters. The van der Waals surface area contributed by atoms with E-state index in [1.54, 1.807) is 19.2 Å². The molecule has 2 heterocycles. The van der Waals surface area contributed by atoms with E-state index in [0.717, 1.165) is 18.8 Å². The van der Waals surface area contributed by atoms with Crippen LogP contribution in [0.2, 0.25) is 0 Å². The number of carbonyl (C=O) groups excluding carboxylic acids is 1. The molecule has 0 saturated heterocycles. The predicted octanol–water partition coefficient (Wildman–Crippen LogP) is 2.99. The predicted molar refractivity (Wildman–Crippen MR) is 87.3 cm³/mol. The number of oxazole rings is 1. The van der Waals surface area contributed by atoms with Gasteiger partial charge in [0.05, 0.1) is 0 Å². The molecule has 0 aliphatic rings. The molecule has 7 nitrogen and oxygen atoms in total. The van der Waals surface area contributed by atoms with E-state index in [0.29, 0.717) is 23.7 Å². The average Bonchev–Trinajstić information content (AvgIpc) is 3.09. The summed E-state index contributed by atoms with van der Waals surface area (Å²) in [6, 6.07) is 2.37. The molecule has 0 saturated carbocycles. The van der Waals surface area contributed by atoms with Gasteiger partial charge >= 0.3 is 6.03 Å². The van der Waals surface area contributed by atoms with E-state index in [4.69, 9.17) is 4.42 Å². The Labute approximate surface area is 137 Å². The lowest BCUT2D eigenvalue weighted by Gasteiger charge is -2.08. The number of imidazole rings is 1. The van der Waals surface area contributed by atoms with Crippen LogP contribution in [-0.2, 0) is 6.54 Å². The summed E-state index contributed by atoms with van der Waals surface area (Å²) in [5.74, 6) is 0.779. The average molecular weight is 331 g/mol. The van der Waals surface area contributed by atoms with Crippen LogP contribution in [0, 0.1) is 19.7 Å². The Kier molecular flexibility index (Phi) is 4.45. The zero-order chi connectivity index (χ0) is 17.1. The summed E-state index contributed by atoms with van der Waals surface area (Å²) in [4.78, 5) is 20.0. The third-order valence-electron chi connectivity index (χ3n) is 3.60. The van der Waals surface area contributed by atoms with Crippen molar-refractivity contribution in [2.24, 2.45) is 0 Å². The first-order valence-electron chi connectivity index (χ1n) is 7.62. The number of aryl methyl sites for hydroxylation is 3. The van der Waals surface area contributed by atoms with Gasteiger partial charge in [-0.05, 0) is 19.4 Å². The van der Waals surface area contributed by atoms with Crippen LogP contribution >= 0.6 is 0 Å². The van der Waals surface area contributed by atoms with Gasteiger partial charge in [0.15, 0.2) is 17.3 Å². The minimum absolute atomic E-state index is 0.161. The van der Waals surface area contributed by atoms with Gasteiger partial charge in [-0.3, -0.25) is 0 Å². The number of rotatable bonds is 5. The van der Waals surface area contributed by atoms with Gasteiger partial charge < -0.3 is 19.6 Å². The summed E-state index contributed by atoms with van der Waals surface area (Å²) >= 11 is 0. The standard InChI is InChI=1S/C16H18FN5O2/c1-10-18-5-7-22(10)6-3-4-19-16(23)21-12-8-13(17)15-14(9-12)24-11(2)20-15/h5,7-9H,3-4,6H2,1-2H3,(H2,19,21,23). The Bertz CT molecular complexity index is 871. The van der Waals surface area contributed by atoms with Gasteiger partial charge in [-0.1, -0.05) is 0 Å². The molecular weight excluding hydrogens is 313 g/mol. The summed E-state index contributed by atoms with van der Waals surface area (Å²) in [5, 5.41) is 5.33. The number of amides is 2. The lowest BCUT2D eigenvalue weighted by molar-refractivity contribution is 0.252. The molecule has 8 heteroatoms. The molecule has 3 rings (SSSR count). The SMILES string of the molecule is Cc1nc2c(F)cc(NC(=O)NCCCn3ccnc3C)cc2o1. The van der Waals surface area contributed by atoms with Crippen molar-refractivity contribution in [3.05, 3.63) is 42.1 Å². The van der Waals surface area contributed by atoms with Gasteiger partial charge in [-0.2, -0.15) is 0 Å². The number of anilines is 1. The summed E-state index contributed by atoms with van der Waals surface area (Å²) in [5.41, 5.74) is 0.784. The number of hydrogen-bond donors (Lipinski definition) is 2.